The van der Waals surface area contributed by atoms with Crippen LogP contribution in [-0.2, 0) is 26.1 Å². The first-order valence-electron chi connectivity index (χ1n) is 10.8. The average Bonchev–Trinajstić information content (AvgIpc) is 3.47. The van der Waals surface area contributed by atoms with Gasteiger partial charge >= 0.3 is 0 Å². The SMILES string of the molecule is O=C(C1=NOC(c2ccccc2)C1)N1CCc2cc(S(=O)(=O)N3CCCCC3)ccc21. The number of hydrogen-bond donors (Lipinski definition) is 0. The lowest BCUT2D eigenvalue weighted by atomic mass is 10.0. The van der Waals surface area contributed by atoms with Crippen molar-refractivity contribution in [2.75, 3.05) is 24.5 Å². The molecule has 1 fully saturated rings. The first-order valence-corrected chi connectivity index (χ1v) is 12.2. The summed E-state index contributed by atoms with van der Waals surface area (Å²) in [7, 11) is -3.49. The van der Waals surface area contributed by atoms with Crippen LogP contribution >= 0.6 is 0 Å². The first kappa shape index (κ1) is 20.2. The Morgan fingerprint density at radius 2 is 1.77 bits per heavy atom. The summed E-state index contributed by atoms with van der Waals surface area (Å²) in [5.74, 6) is -0.177. The molecule has 0 spiro atoms. The molecule has 1 amide bonds. The number of nitrogens with zero attached hydrogens (tertiary/aromatic N) is 3. The minimum Gasteiger partial charge on any atom is -0.387 e. The van der Waals surface area contributed by atoms with Crippen LogP contribution in [0.15, 0.2) is 58.6 Å². The van der Waals surface area contributed by atoms with Crippen LogP contribution in [0.25, 0.3) is 0 Å². The van der Waals surface area contributed by atoms with Crippen molar-refractivity contribution in [3.05, 3.63) is 59.7 Å². The van der Waals surface area contributed by atoms with Crippen LogP contribution < -0.4 is 4.90 Å². The molecule has 7 nitrogen and oxygen atoms in total. The molecule has 0 aliphatic carbocycles. The van der Waals surface area contributed by atoms with Gasteiger partial charge in [0, 0.05) is 31.7 Å². The van der Waals surface area contributed by atoms with E-state index in [0.717, 1.165) is 36.1 Å². The fraction of sp³-hybridized carbons (Fsp3) is 0.391. The van der Waals surface area contributed by atoms with Crippen molar-refractivity contribution in [3.63, 3.8) is 0 Å². The fourth-order valence-corrected chi connectivity index (χ4v) is 6.08. The van der Waals surface area contributed by atoms with Crippen LogP contribution in [0.1, 0.15) is 42.9 Å². The molecule has 0 saturated carbocycles. The van der Waals surface area contributed by atoms with E-state index in [2.05, 4.69) is 5.16 Å². The topological polar surface area (TPSA) is 79.3 Å². The molecule has 2 aromatic rings. The monoisotopic (exact) mass is 439 g/mol. The molecule has 0 N–H and O–H groups in total. The molecule has 1 saturated heterocycles. The normalized spacial score (nSPS) is 21.5. The van der Waals surface area contributed by atoms with Crippen LogP contribution in [0.4, 0.5) is 5.69 Å². The highest BCUT2D eigenvalue weighted by molar-refractivity contribution is 7.89. The maximum absolute atomic E-state index is 13.1. The van der Waals surface area contributed by atoms with Gasteiger partial charge in [-0.1, -0.05) is 41.9 Å². The van der Waals surface area contributed by atoms with Crippen LogP contribution in [0.3, 0.4) is 0 Å². The van der Waals surface area contributed by atoms with E-state index in [1.165, 1.54) is 0 Å². The van der Waals surface area contributed by atoms with Crippen molar-refractivity contribution in [3.8, 4) is 0 Å². The maximum Gasteiger partial charge on any atom is 0.276 e. The Morgan fingerprint density at radius 3 is 2.55 bits per heavy atom. The average molecular weight is 440 g/mol. The molecule has 0 bridgehead atoms. The Bertz CT molecular complexity index is 1120. The molecule has 162 valence electrons. The molecule has 1 unspecified atom stereocenters. The van der Waals surface area contributed by atoms with E-state index in [0.29, 0.717) is 43.1 Å². The second kappa shape index (κ2) is 8.09. The molecular formula is C23H25N3O4S. The summed E-state index contributed by atoms with van der Waals surface area (Å²) in [6.07, 6.45) is 3.68. The summed E-state index contributed by atoms with van der Waals surface area (Å²) in [5, 5.41) is 4.05. The predicted octanol–water partition coefficient (Wildman–Crippen LogP) is 3.27. The van der Waals surface area contributed by atoms with E-state index in [4.69, 9.17) is 4.84 Å². The van der Waals surface area contributed by atoms with Gasteiger partial charge in [0.25, 0.3) is 5.91 Å². The van der Waals surface area contributed by atoms with Gasteiger partial charge in [0.1, 0.15) is 5.71 Å². The Labute approximate surface area is 182 Å². The van der Waals surface area contributed by atoms with E-state index in [-0.39, 0.29) is 12.0 Å². The number of amides is 1. The van der Waals surface area contributed by atoms with E-state index in [1.807, 2.05) is 30.3 Å². The van der Waals surface area contributed by atoms with Crippen molar-refractivity contribution in [2.45, 2.75) is 43.1 Å². The van der Waals surface area contributed by atoms with Gasteiger partial charge in [0.15, 0.2) is 6.10 Å². The smallest absolute Gasteiger partial charge is 0.276 e. The number of piperidine rings is 1. The Morgan fingerprint density at radius 1 is 1.00 bits per heavy atom. The molecule has 8 heteroatoms. The number of fused-ring (bicyclic) bond motifs is 1. The second-order valence-electron chi connectivity index (χ2n) is 8.21. The van der Waals surface area contributed by atoms with Crippen LogP contribution in [0.5, 0.6) is 0 Å². The summed E-state index contributed by atoms with van der Waals surface area (Å²) in [6.45, 7) is 1.66. The number of carbonyl (C=O) groups is 1. The number of oxime groups is 1. The zero-order chi connectivity index (χ0) is 21.4. The quantitative estimate of drug-likeness (QED) is 0.732. The number of hydrogen-bond acceptors (Lipinski definition) is 5. The number of carbonyl (C=O) groups excluding carboxylic acids is 1. The molecule has 0 aromatic heterocycles. The van der Waals surface area contributed by atoms with Crippen molar-refractivity contribution in [1.82, 2.24) is 4.31 Å². The molecule has 3 heterocycles. The minimum absolute atomic E-state index is 0.177. The first-order chi connectivity index (χ1) is 15.0. The van der Waals surface area contributed by atoms with Crippen molar-refractivity contribution in [1.29, 1.82) is 0 Å². The molecule has 2 aromatic carbocycles. The van der Waals surface area contributed by atoms with Gasteiger partial charge in [-0.25, -0.2) is 8.42 Å². The third kappa shape index (κ3) is 3.74. The summed E-state index contributed by atoms with van der Waals surface area (Å²) >= 11 is 0. The zero-order valence-corrected chi connectivity index (χ0v) is 18.1. The lowest BCUT2D eigenvalue weighted by Gasteiger charge is -2.26. The van der Waals surface area contributed by atoms with Gasteiger partial charge in [-0.3, -0.25) is 4.79 Å². The highest BCUT2D eigenvalue weighted by Gasteiger charge is 2.34. The number of sulfonamides is 1. The van der Waals surface area contributed by atoms with Crippen molar-refractivity contribution in [2.24, 2.45) is 5.16 Å². The van der Waals surface area contributed by atoms with Gasteiger partial charge in [-0.15, -0.1) is 0 Å². The molecular weight excluding hydrogens is 414 g/mol. The summed E-state index contributed by atoms with van der Waals surface area (Å²) in [5.41, 5.74) is 3.02. The molecule has 3 aliphatic heterocycles. The molecule has 0 radical (unpaired) electrons. The second-order valence-corrected chi connectivity index (χ2v) is 10.1. The Kier molecular flexibility index (Phi) is 5.27. The highest BCUT2D eigenvalue weighted by atomic mass is 32.2. The minimum atomic E-state index is -3.49. The van der Waals surface area contributed by atoms with Crippen LogP contribution in [-0.4, -0.2) is 44.0 Å². The van der Waals surface area contributed by atoms with Gasteiger partial charge < -0.3 is 9.74 Å². The Balaban J connectivity index is 1.32. The zero-order valence-electron chi connectivity index (χ0n) is 17.2. The van der Waals surface area contributed by atoms with E-state index < -0.39 is 10.0 Å². The van der Waals surface area contributed by atoms with Gasteiger partial charge in [-0.2, -0.15) is 4.31 Å². The summed E-state index contributed by atoms with van der Waals surface area (Å²) in [4.78, 5) is 20.6. The third-order valence-electron chi connectivity index (χ3n) is 6.23. The number of anilines is 1. The summed E-state index contributed by atoms with van der Waals surface area (Å²) < 4.78 is 27.6. The predicted molar refractivity (Wildman–Crippen MR) is 117 cm³/mol. The van der Waals surface area contributed by atoms with E-state index in [9.17, 15) is 13.2 Å². The number of rotatable bonds is 4. The molecule has 1 atom stereocenters. The fourth-order valence-electron chi connectivity index (χ4n) is 4.51. The van der Waals surface area contributed by atoms with Crippen molar-refractivity contribution < 1.29 is 18.0 Å². The molecule has 5 rings (SSSR count). The highest BCUT2D eigenvalue weighted by Crippen LogP contribution is 2.34. The standard InChI is InChI=1S/C23H25N3O4S/c27-23(20-16-22(30-24-20)17-7-3-1-4-8-17)26-14-11-18-15-19(9-10-21(18)26)31(28,29)25-12-5-2-6-13-25/h1,3-4,7-10,15,22H,2,5-6,11-14,16H2. The van der Waals surface area contributed by atoms with Gasteiger partial charge in [0.2, 0.25) is 10.0 Å². The van der Waals surface area contributed by atoms with Gasteiger partial charge in [0.05, 0.1) is 4.90 Å². The van der Waals surface area contributed by atoms with Crippen LogP contribution in [0.2, 0.25) is 0 Å². The lowest BCUT2D eigenvalue weighted by molar-refractivity contribution is -0.112. The summed E-state index contributed by atoms with van der Waals surface area (Å²) in [6, 6.07) is 14.8. The van der Waals surface area contributed by atoms with Gasteiger partial charge in [-0.05, 0) is 48.6 Å². The maximum atomic E-state index is 13.1. The number of benzene rings is 2. The van der Waals surface area contributed by atoms with E-state index >= 15 is 0 Å². The van der Waals surface area contributed by atoms with E-state index in [1.54, 1.807) is 27.4 Å². The molecule has 3 aliphatic rings. The Hall–Kier alpha value is -2.71. The largest absolute Gasteiger partial charge is 0.387 e. The third-order valence-corrected chi connectivity index (χ3v) is 8.13. The molecule has 31 heavy (non-hydrogen) atoms. The van der Waals surface area contributed by atoms with Crippen LogP contribution in [0, 0.1) is 0 Å². The lowest BCUT2D eigenvalue weighted by Crippen LogP contribution is -2.35. The van der Waals surface area contributed by atoms with Crippen molar-refractivity contribution >= 4 is 27.3 Å².